The van der Waals surface area contributed by atoms with Crippen molar-refractivity contribution in [3.05, 3.63) is 51.2 Å². The van der Waals surface area contributed by atoms with E-state index in [9.17, 15) is 4.79 Å². The lowest BCUT2D eigenvalue weighted by Gasteiger charge is -2.07. The van der Waals surface area contributed by atoms with Crippen molar-refractivity contribution in [1.29, 1.82) is 0 Å². The van der Waals surface area contributed by atoms with Gasteiger partial charge in [-0.15, -0.1) is 11.3 Å². The molecule has 2 rings (SSSR count). The summed E-state index contributed by atoms with van der Waals surface area (Å²) in [6.45, 7) is 3.96. The molecular formula is C14H14O2S. The molecular weight excluding hydrogens is 232 g/mol. The summed E-state index contributed by atoms with van der Waals surface area (Å²) in [6.07, 6.45) is 0. The second-order valence-corrected chi connectivity index (χ2v) is 5.23. The molecule has 1 heterocycles. The average Bonchev–Trinajstić information content (AvgIpc) is 2.75. The molecule has 17 heavy (non-hydrogen) atoms. The van der Waals surface area contributed by atoms with Gasteiger partial charge in [0.25, 0.3) is 0 Å². The van der Waals surface area contributed by atoms with Gasteiger partial charge in [-0.05, 0) is 38.1 Å². The van der Waals surface area contributed by atoms with Crippen LogP contribution in [-0.2, 0) is 0 Å². The van der Waals surface area contributed by atoms with Crippen molar-refractivity contribution in [1.82, 2.24) is 0 Å². The molecule has 0 bridgehead atoms. The predicted molar refractivity (Wildman–Crippen MR) is 70.2 cm³/mol. The minimum absolute atomic E-state index is 0.0312. The Hall–Kier alpha value is -1.61. The molecule has 0 aliphatic carbocycles. The molecule has 0 N–H and O–H groups in total. The molecule has 0 fully saturated rings. The maximum absolute atomic E-state index is 12.3. The first-order valence-electron chi connectivity index (χ1n) is 5.37. The van der Waals surface area contributed by atoms with Gasteiger partial charge in [0.1, 0.15) is 5.75 Å². The first-order valence-corrected chi connectivity index (χ1v) is 6.19. The molecule has 0 saturated carbocycles. The van der Waals surface area contributed by atoms with Crippen LogP contribution in [0.3, 0.4) is 0 Å². The fourth-order valence-electron chi connectivity index (χ4n) is 1.69. The molecule has 3 heteroatoms. The lowest BCUT2D eigenvalue weighted by Crippen LogP contribution is -2.02. The van der Waals surface area contributed by atoms with Gasteiger partial charge in [-0.3, -0.25) is 4.79 Å². The van der Waals surface area contributed by atoms with Crippen LogP contribution in [0.15, 0.2) is 30.3 Å². The number of hydrogen-bond donors (Lipinski definition) is 0. The van der Waals surface area contributed by atoms with E-state index in [1.54, 1.807) is 7.11 Å². The van der Waals surface area contributed by atoms with Crippen molar-refractivity contribution in [3.8, 4) is 5.75 Å². The molecule has 88 valence electrons. The fourth-order valence-corrected chi connectivity index (χ4v) is 2.51. The normalized spacial score (nSPS) is 10.3. The Morgan fingerprint density at radius 1 is 1.18 bits per heavy atom. The summed E-state index contributed by atoms with van der Waals surface area (Å²) in [7, 11) is 1.58. The zero-order chi connectivity index (χ0) is 12.4. The third-order valence-electron chi connectivity index (χ3n) is 2.56. The second kappa shape index (κ2) is 4.72. The Morgan fingerprint density at radius 3 is 2.53 bits per heavy atom. The van der Waals surface area contributed by atoms with Crippen molar-refractivity contribution in [3.63, 3.8) is 0 Å². The highest BCUT2D eigenvalue weighted by atomic mass is 32.1. The lowest BCUT2D eigenvalue weighted by atomic mass is 10.1. The summed E-state index contributed by atoms with van der Waals surface area (Å²) in [6, 6.07) is 9.47. The summed E-state index contributed by atoms with van der Waals surface area (Å²) in [5, 5.41) is 0. The van der Waals surface area contributed by atoms with Crippen LogP contribution < -0.4 is 4.74 Å². The van der Waals surface area contributed by atoms with Crippen LogP contribution in [0.25, 0.3) is 0 Å². The topological polar surface area (TPSA) is 26.3 Å². The monoisotopic (exact) mass is 246 g/mol. The first kappa shape index (κ1) is 11.9. The third kappa shape index (κ3) is 2.39. The lowest BCUT2D eigenvalue weighted by molar-refractivity contribution is 0.103. The van der Waals surface area contributed by atoms with Gasteiger partial charge in [0.15, 0.2) is 0 Å². The number of hydrogen-bond acceptors (Lipinski definition) is 3. The van der Waals surface area contributed by atoms with E-state index >= 15 is 0 Å². The number of carbonyl (C=O) groups excluding carboxylic acids is 1. The highest BCUT2D eigenvalue weighted by molar-refractivity contribution is 7.14. The van der Waals surface area contributed by atoms with Gasteiger partial charge in [-0.2, -0.15) is 0 Å². The maximum atomic E-state index is 12.3. The van der Waals surface area contributed by atoms with Crippen LogP contribution in [0.2, 0.25) is 0 Å². The summed E-state index contributed by atoms with van der Waals surface area (Å²) in [5.74, 6) is 0.662. The zero-order valence-corrected chi connectivity index (χ0v) is 10.9. The molecule has 1 aromatic heterocycles. The number of aryl methyl sites for hydroxylation is 2. The number of ketones is 1. The standard InChI is InChI=1S/C14H14O2S/c1-9-4-6-12(16-3)11(8-9)14(15)13-7-5-10(2)17-13/h4-8H,1-3H3. The van der Waals surface area contributed by atoms with E-state index in [2.05, 4.69) is 0 Å². The Kier molecular flexibility index (Phi) is 3.29. The van der Waals surface area contributed by atoms with E-state index in [0.29, 0.717) is 11.3 Å². The van der Waals surface area contributed by atoms with Crippen LogP contribution in [0.4, 0.5) is 0 Å². The molecule has 0 aliphatic heterocycles. The summed E-state index contributed by atoms with van der Waals surface area (Å²) in [4.78, 5) is 14.2. The summed E-state index contributed by atoms with van der Waals surface area (Å²) in [5.41, 5.74) is 1.69. The molecule has 1 aromatic carbocycles. The molecule has 0 saturated heterocycles. The van der Waals surface area contributed by atoms with Crippen LogP contribution in [0.5, 0.6) is 5.75 Å². The number of ether oxygens (including phenoxy) is 1. The molecule has 0 amide bonds. The van der Waals surface area contributed by atoms with Gasteiger partial charge in [0.2, 0.25) is 5.78 Å². The largest absolute Gasteiger partial charge is 0.496 e. The van der Waals surface area contributed by atoms with Crippen LogP contribution in [0.1, 0.15) is 25.7 Å². The van der Waals surface area contributed by atoms with Crippen molar-refractivity contribution in [2.75, 3.05) is 7.11 Å². The fraction of sp³-hybridized carbons (Fsp3) is 0.214. The first-order chi connectivity index (χ1) is 8.11. The van der Waals surface area contributed by atoms with E-state index in [1.165, 1.54) is 11.3 Å². The average molecular weight is 246 g/mol. The molecule has 0 atom stereocenters. The number of benzene rings is 1. The highest BCUT2D eigenvalue weighted by Gasteiger charge is 2.15. The molecule has 0 spiro atoms. The van der Waals surface area contributed by atoms with Gasteiger partial charge >= 0.3 is 0 Å². The Labute approximate surface area is 105 Å². The van der Waals surface area contributed by atoms with Gasteiger partial charge in [-0.25, -0.2) is 0 Å². The quantitative estimate of drug-likeness (QED) is 0.773. The second-order valence-electron chi connectivity index (χ2n) is 3.94. The van der Waals surface area contributed by atoms with E-state index in [0.717, 1.165) is 15.3 Å². The van der Waals surface area contributed by atoms with E-state index in [4.69, 9.17) is 4.74 Å². The summed E-state index contributed by atoms with van der Waals surface area (Å²) < 4.78 is 5.23. The van der Waals surface area contributed by atoms with E-state index in [-0.39, 0.29) is 5.78 Å². The number of carbonyl (C=O) groups is 1. The number of methoxy groups -OCH3 is 1. The number of rotatable bonds is 3. The van der Waals surface area contributed by atoms with Crippen molar-refractivity contribution in [2.24, 2.45) is 0 Å². The van der Waals surface area contributed by atoms with Gasteiger partial charge in [-0.1, -0.05) is 11.6 Å². The Morgan fingerprint density at radius 2 is 1.94 bits per heavy atom. The Balaban J connectivity index is 2.46. The molecule has 0 aliphatic rings. The smallest absolute Gasteiger partial charge is 0.206 e. The molecule has 0 radical (unpaired) electrons. The van der Waals surface area contributed by atoms with Crippen LogP contribution in [0, 0.1) is 13.8 Å². The molecule has 2 nitrogen and oxygen atoms in total. The molecule has 0 unspecified atom stereocenters. The van der Waals surface area contributed by atoms with E-state index in [1.807, 2.05) is 44.2 Å². The van der Waals surface area contributed by atoms with E-state index < -0.39 is 0 Å². The highest BCUT2D eigenvalue weighted by Crippen LogP contribution is 2.26. The van der Waals surface area contributed by atoms with Crippen molar-refractivity contribution < 1.29 is 9.53 Å². The predicted octanol–water partition coefficient (Wildman–Crippen LogP) is 3.60. The molecule has 2 aromatic rings. The summed E-state index contributed by atoms with van der Waals surface area (Å²) >= 11 is 1.51. The maximum Gasteiger partial charge on any atom is 0.206 e. The zero-order valence-electron chi connectivity index (χ0n) is 10.1. The van der Waals surface area contributed by atoms with Gasteiger partial charge < -0.3 is 4.74 Å². The minimum Gasteiger partial charge on any atom is -0.496 e. The SMILES string of the molecule is COc1ccc(C)cc1C(=O)c1ccc(C)s1. The van der Waals surface area contributed by atoms with Crippen LogP contribution >= 0.6 is 11.3 Å². The number of thiophene rings is 1. The minimum atomic E-state index is 0.0312. The van der Waals surface area contributed by atoms with Crippen molar-refractivity contribution >= 4 is 17.1 Å². The van der Waals surface area contributed by atoms with Crippen LogP contribution in [-0.4, -0.2) is 12.9 Å². The van der Waals surface area contributed by atoms with Crippen molar-refractivity contribution in [2.45, 2.75) is 13.8 Å². The van der Waals surface area contributed by atoms with Gasteiger partial charge in [0, 0.05) is 4.88 Å². The Bertz CT molecular complexity index is 555. The van der Waals surface area contributed by atoms with Gasteiger partial charge in [0.05, 0.1) is 17.6 Å². The third-order valence-corrected chi connectivity index (χ3v) is 3.56.